The lowest BCUT2D eigenvalue weighted by molar-refractivity contribution is -0.145. The fraction of sp³-hybridized carbons (Fsp3) is 0.857. The molecule has 3 amide bonds. The van der Waals surface area contributed by atoms with E-state index in [1.165, 1.54) is 98.6 Å². The topological polar surface area (TPSA) is 332 Å². The number of hydrogen-bond acceptors (Lipinski definition) is 14. The van der Waals surface area contributed by atoms with E-state index in [1.807, 2.05) is 23.5 Å². The summed E-state index contributed by atoms with van der Waals surface area (Å²) < 4.78 is 0. The molecule has 2 saturated heterocycles. The molecule has 1 aromatic rings. The van der Waals surface area contributed by atoms with Crippen LogP contribution in [0.25, 0.3) is 10.4 Å². The van der Waals surface area contributed by atoms with Crippen LogP contribution in [0.5, 0.6) is 0 Å². The summed E-state index contributed by atoms with van der Waals surface area (Å²) in [5.41, 5.74) is 38.3. The molecule has 3 aliphatic heterocycles. The predicted octanol–water partition coefficient (Wildman–Crippen LogP) is 7.76. The van der Waals surface area contributed by atoms with Crippen molar-refractivity contribution in [1.29, 1.82) is 0 Å². The lowest BCUT2D eigenvalue weighted by atomic mass is 9.46. The van der Waals surface area contributed by atoms with Gasteiger partial charge >= 0.3 is 21.2 Å². The molecule has 13 N–H and O–H groups in total. The second-order valence-corrected chi connectivity index (χ2v) is 34.8. The monoisotopic (exact) mass is 1270 g/mol. The molecule has 15 saturated carbocycles. The highest BCUT2D eigenvalue weighted by Gasteiger charge is 2.61. The normalized spacial score (nSPS) is 42.1. The van der Waals surface area contributed by atoms with Gasteiger partial charge in [-0.2, -0.15) is 0 Å². The first kappa shape index (κ1) is 67.0. The minimum Gasteiger partial charge on any atom is -0.449 e. The molecule has 22 heteroatoms. The Bertz CT molecular complexity index is 2850. The van der Waals surface area contributed by atoms with Crippen molar-refractivity contribution in [2.45, 2.75) is 274 Å². The molecule has 19 nitrogen and oxygen atoms in total. The van der Waals surface area contributed by atoms with E-state index in [9.17, 15) is 44.3 Å². The molecule has 3 heterocycles. The van der Waals surface area contributed by atoms with Gasteiger partial charge in [0.1, 0.15) is 0 Å². The average molecular weight is 1270 g/mol. The summed E-state index contributed by atoms with van der Waals surface area (Å²) in [4.78, 5) is 60.6. The number of rotatable bonds is 13. The molecule has 504 valence electrons. The zero-order valence-electron chi connectivity index (χ0n) is 55.8. The van der Waals surface area contributed by atoms with Gasteiger partial charge in [-0.1, -0.05) is 55.0 Å². The van der Waals surface area contributed by atoms with Crippen molar-refractivity contribution < 1.29 is 44.3 Å². The van der Waals surface area contributed by atoms with Crippen molar-refractivity contribution in [1.82, 2.24) is 14.7 Å². The van der Waals surface area contributed by atoms with E-state index in [-0.39, 0.29) is 88.0 Å². The largest absolute Gasteiger partial charge is 0.475 e. The van der Waals surface area contributed by atoms with Crippen LogP contribution in [0.3, 0.4) is 0 Å². The first-order valence-corrected chi connectivity index (χ1v) is 36.8. The van der Waals surface area contributed by atoms with Crippen LogP contribution in [-0.4, -0.2) is 139 Å². The zero-order chi connectivity index (χ0) is 65.0. The van der Waals surface area contributed by atoms with Gasteiger partial charge in [-0.15, -0.1) is 0 Å². The van der Waals surface area contributed by atoms with Crippen LogP contribution in [0.1, 0.15) is 216 Å². The fourth-order valence-electron chi connectivity index (χ4n) is 25.1. The summed E-state index contributed by atoms with van der Waals surface area (Å²) >= 11 is 0. The number of ketones is 1. The number of likely N-dealkylation sites (tertiary alicyclic amines) is 2. The molecule has 9 atom stereocenters. The summed E-state index contributed by atoms with van der Waals surface area (Å²) in [6.07, 6.45) is 33.6. The van der Waals surface area contributed by atoms with E-state index in [2.05, 4.69) is 35.1 Å². The number of fused-ring (bicyclic) bond motifs is 3. The Labute approximate surface area is 548 Å². The molecule has 0 aromatic heterocycles. The Morgan fingerprint density at radius 2 is 1.02 bits per heavy atom. The summed E-state index contributed by atoms with van der Waals surface area (Å²) in [5, 5.41) is 52.5. The molecule has 17 fully saturated rings. The number of hydrogen-bond donors (Lipinski definition) is 9. The predicted molar refractivity (Wildman–Crippen MR) is 355 cm³/mol. The van der Waals surface area contributed by atoms with Crippen LogP contribution in [0.15, 0.2) is 23.3 Å². The van der Waals surface area contributed by atoms with Crippen molar-refractivity contribution >= 4 is 44.7 Å². The summed E-state index contributed by atoms with van der Waals surface area (Å²) in [5.74, 6) is 6.58. The Balaban J connectivity index is 0.000000112. The van der Waals surface area contributed by atoms with Crippen LogP contribution in [0, 0.1) is 93.7 Å². The van der Waals surface area contributed by atoms with Crippen LogP contribution in [-0.2, 0) is 32.3 Å². The molecular weight excluding hydrogens is 1160 g/mol. The molecule has 15 aliphatic carbocycles. The minimum absolute atomic E-state index is 0.0221. The summed E-state index contributed by atoms with van der Waals surface area (Å²) in [6.45, 7) is 7.87. The first-order chi connectivity index (χ1) is 43.8. The second kappa shape index (κ2) is 26.0. The van der Waals surface area contributed by atoms with Crippen molar-refractivity contribution in [2.24, 2.45) is 115 Å². The molecule has 92 heavy (non-hydrogen) atoms. The van der Waals surface area contributed by atoms with E-state index in [1.54, 1.807) is 0 Å². The van der Waals surface area contributed by atoms with E-state index in [4.69, 9.17) is 28.5 Å². The lowest BCUT2D eigenvalue weighted by Gasteiger charge is -2.59. The molecule has 18 aliphatic rings. The highest BCUT2D eigenvalue weighted by Crippen LogP contribution is 2.64. The maximum atomic E-state index is 13.3. The molecular formula is C70H111B3N10O9. The number of aryl methyl sites for hydroxylation is 1. The van der Waals surface area contributed by atoms with E-state index in [0.717, 1.165) is 170 Å². The molecule has 0 spiro atoms. The van der Waals surface area contributed by atoms with Gasteiger partial charge in [0.15, 0.2) is 5.78 Å². The number of carbonyl (C=O) groups excluding carboxylic acids is 4. The average Bonchev–Trinajstić information content (AvgIpc) is 1.78. The van der Waals surface area contributed by atoms with E-state index >= 15 is 0 Å². The van der Waals surface area contributed by atoms with Gasteiger partial charge in [0.2, 0.25) is 17.7 Å². The maximum Gasteiger partial charge on any atom is 0.475 e. The number of azide groups is 1. The van der Waals surface area contributed by atoms with Crippen molar-refractivity contribution in [2.75, 3.05) is 13.1 Å². The van der Waals surface area contributed by atoms with Crippen LogP contribution in [0.4, 0.5) is 0 Å². The number of benzene rings is 1. The number of Topliss-reactive ketones (excluding diaryl/α,β-unsaturated/α-hetero) is 1. The van der Waals surface area contributed by atoms with Gasteiger partial charge in [0, 0.05) is 48.3 Å². The zero-order valence-corrected chi connectivity index (χ0v) is 55.8. The van der Waals surface area contributed by atoms with Gasteiger partial charge in [-0.3, -0.25) is 19.2 Å². The quantitative estimate of drug-likeness (QED) is 0.0395. The lowest BCUT2D eigenvalue weighted by Crippen LogP contribution is -2.64. The van der Waals surface area contributed by atoms with E-state index < -0.39 is 44.6 Å². The maximum absolute atomic E-state index is 13.3. The third kappa shape index (κ3) is 12.5. The SMILES string of the molecule is CB(O)C1(C)CCCN1C(=O)C(N)C12CC3CC(CC(C3)C1)C2.Cc1ccc2c(c1)CN(C(=O)C(N)C13CCC(CC1)C3)C2.NC(C(=O)C1CCCCC1B(O)O)C12CC3CC(CC(C3)C1)C2.[N-]=[N+]=N[C@H]1C[C@@H](B(O)O)N(C(=O)[C@@H](N)C23CC4CC(CC(C4)C2)C3)C1. The van der Waals surface area contributed by atoms with Crippen LogP contribution in [0.2, 0.25) is 12.6 Å². The molecule has 1 aromatic carbocycles. The number of nitrogens with two attached hydrogens (primary N) is 4. The first-order valence-electron chi connectivity index (χ1n) is 36.8. The third-order valence-corrected chi connectivity index (χ3v) is 28.8. The Morgan fingerprint density at radius 3 is 1.48 bits per heavy atom. The number of carbonyl (C=O) groups is 4. The van der Waals surface area contributed by atoms with Gasteiger partial charge < -0.3 is 62.8 Å². The second-order valence-electron chi connectivity index (χ2n) is 34.8. The molecule has 14 bridgehead atoms. The Morgan fingerprint density at radius 1 is 0.565 bits per heavy atom. The summed E-state index contributed by atoms with van der Waals surface area (Å²) in [7, 11) is -3.03. The molecule has 6 unspecified atom stereocenters. The smallest absolute Gasteiger partial charge is 0.449 e. The van der Waals surface area contributed by atoms with Gasteiger partial charge in [-0.25, -0.2) is 0 Å². The molecule has 0 radical (unpaired) electrons. The van der Waals surface area contributed by atoms with Crippen molar-refractivity contribution in [3.05, 3.63) is 45.3 Å². The van der Waals surface area contributed by atoms with Gasteiger partial charge in [0.25, 0.3) is 0 Å². The standard InChI is InChI=1S/C18H31BN2O2.C18H30BNO3.C18H24N2O.C16H26BN5O3/c1-17(19(2)23)4-3-5-21(17)16(22)15(20)18-9-12-6-13(10-18)8-14(7-12)11-18;20-17(16(21)14-3-1-2-4-15(14)19(22)23)18-8-11-5-12(9-18)7-13(6-11)10-18;1-12-2-3-14-10-20(11-15(14)8-12)17(21)16(19)18-6-4-13(9-18)5-7-18;18-14(16-5-9-1-10(6-16)3-11(2-9)7-16)15(23)22-8-12(20-21-19)4-13(22)17(24)25/h12-15,23H,3-11,20H2,1-2H3;11-15,17,22-23H,1-10,20H2;2-3,8,13,16H,4-7,9-11,19H2,1H3;9-14,24-25H,1-8,18H2/t;;;9?,10?,11?,12-,13-,14+,16?/m...0/s1. The Hall–Kier alpha value is -3.56. The third-order valence-electron chi connectivity index (χ3n) is 28.8. The van der Waals surface area contributed by atoms with E-state index in [0.29, 0.717) is 17.8 Å². The fourth-order valence-corrected chi connectivity index (χ4v) is 25.1. The molecule has 19 rings (SSSR count). The van der Waals surface area contributed by atoms with Gasteiger partial charge in [0.05, 0.1) is 36.2 Å². The van der Waals surface area contributed by atoms with Gasteiger partial charge in [-0.05, 0) is 285 Å². The highest BCUT2D eigenvalue weighted by molar-refractivity contribution is 6.53. The summed E-state index contributed by atoms with van der Waals surface area (Å²) in [6, 6.07) is 4.41. The Kier molecular flexibility index (Phi) is 19.0. The highest BCUT2D eigenvalue weighted by atomic mass is 16.4. The number of nitrogens with zero attached hydrogens (tertiary/aromatic N) is 6. The van der Waals surface area contributed by atoms with Crippen LogP contribution < -0.4 is 22.9 Å². The number of amides is 3. The van der Waals surface area contributed by atoms with Crippen molar-refractivity contribution in [3.63, 3.8) is 0 Å². The van der Waals surface area contributed by atoms with Crippen molar-refractivity contribution in [3.8, 4) is 0 Å². The minimum atomic E-state index is -1.65. The van der Waals surface area contributed by atoms with Crippen LogP contribution >= 0.6 is 0 Å².